The van der Waals surface area contributed by atoms with E-state index in [0.717, 1.165) is 32.4 Å². The number of rotatable bonds is 3. The van der Waals surface area contributed by atoms with Crippen LogP contribution in [0.25, 0.3) is 6.08 Å². The van der Waals surface area contributed by atoms with Crippen LogP contribution in [0, 0.1) is 13.8 Å². The molecule has 0 N–H and O–H groups in total. The van der Waals surface area contributed by atoms with E-state index in [1.807, 2.05) is 68.4 Å². The van der Waals surface area contributed by atoms with Gasteiger partial charge in [-0.05, 0) is 73.0 Å². The largest absolute Gasteiger partial charge is 0.454 e. The zero-order valence-corrected chi connectivity index (χ0v) is 18.6. The van der Waals surface area contributed by atoms with Crippen LogP contribution >= 0.6 is 15.9 Å². The molecule has 0 saturated carbocycles. The highest BCUT2D eigenvalue weighted by molar-refractivity contribution is 9.10. The van der Waals surface area contributed by atoms with Gasteiger partial charge < -0.3 is 9.47 Å². The number of fused-ring (bicyclic) bond motifs is 1. The van der Waals surface area contributed by atoms with E-state index < -0.39 is 0 Å². The fourth-order valence-corrected chi connectivity index (χ4v) is 4.05. The van der Waals surface area contributed by atoms with E-state index in [4.69, 9.17) is 14.5 Å². The van der Waals surface area contributed by atoms with Crippen LogP contribution in [-0.4, -0.2) is 18.5 Å². The second kappa shape index (κ2) is 7.71. The van der Waals surface area contributed by atoms with Crippen molar-refractivity contribution in [3.05, 3.63) is 93.1 Å². The molecule has 0 aliphatic carbocycles. The van der Waals surface area contributed by atoms with Gasteiger partial charge in [-0.3, -0.25) is 9.69 Å². The van der Waals surface area contributed by atoms with Gasteiger partial charge in [0, 0.05) is 10.0 Å². The van der Waals surface area contributed by atoms with Crippen molar-refractivity contribution < 1.29 is 14.3 Å². The summed E-state index contributed by atoms with van der Waals surface area (Å²) in [5, 5.41) is 0. The molecular formula is C25H19BrN2O3. The monoisotopic (exact) mass is 474 g/mol. The molecule has 154 valence electrons. The number of benzene rings is 3. The van der Waals surface area contributed by atoms with Crippen molar-refractivity contribution in [2.45, 2.75) is 13.8 Å². The van der Waals surface area contributed by atoms with Gasteiger partial charge in [0.15, 0.2) is 11.5 Å². The number of carbonyl (C=O) groups excluding carboxylic acids is 1. The molecule has 6 heteroatoms. The Kier molecular flexibility index (Phi) is 4.87. The first kappa shape index (κ1) is 19.6. The Bertz CT molecular complexity index is 1240. The Morgan fingerprint density at radius 2 is 1.65 bits per heavy atom. The van der Waals surface area contributed by atoms with Crippen LogP contribution in [-0.2, 0) is 4.79 Å². The van der Waals surface area contributed by atoms with Crippen molar-refractivity contribution in [1.29, 1.82) is 0 Å². The van der Waals surface area contributed by atoms with Gasteiger partial charge in [0.25, 0.3) is 5.91 Å². The molecule has 2 heterocycles. The molecule has 0 saturated heterocycles. The van der Waals surface area contributed by atoms with Crippen LogP contribution in [0.1, 0.15) is 22.3 Å². The van der Waals surface area contributed by atoms with Gasteiger partial charge in [-0.2, -0.15) is 0 Å². The molecule has 0 aromatic heterocycles. The van der Waals surface area contributed by atoms with Crippen LogP contribution in [0.3, 0.4) is 0 Å². The topological polar surface area (TPSA) is 51.1 Å². The van der Waals surface area contributed by atoms with Crippen LogP contribution in [0.4, 0.5) is 5.69 Å². The van der Waals surface area contributed by atoms with Gasteiger partial charge in [-0.25, -0.2) is 4.99 Å². The summed E-state index contributed by atoms with van der Waals surface area (Å²) in [5.41, 5.74) is 5.05. The summed E-state index contributed by atoms with van der Waals surface area (Å²) in [6.07, 6.45) is 1.78. The molecule has 0 unspecified atom stereocenters. The zero-order chi connectivity index (χ0) is 21.5. The Hall–Kier alpha value is -3.38. The van der Waals surface area contributed by atoms with Crippen molar-refractivity contribution in [2.24, 2.45) is 4.99 Å². The molecule has 3 aromatic rings. The first-order valence-electron chi connectivity index (χ1n) is 9.87. The summed E-state index contributed by atoms with van der Waals surface area (Å²) < 4.78 is 11.8. The Morgan fingerprint density at radius 1 is 0.935 bits per heavy atom. The maximum atomic E-state index is 13.5. The predicted octanol–water partition coefficient (Wildman–Crippen LogP) is 5.63. The third-order valence-electron chi connectivity index (χ3n) is 5.13. The SMILES string of the molecule is Cc1cc(C)cc(N2C(=O)C(=Cc3ccc4c(c3)OCO4)N=C2c2ccc(Br)cc2)c1. The molecule has 31 heavy (non-hydrogen) atoms. The third-order valence-corrected chi connectivity index (χ3v) is 5.66. The number of aryl methyl sites for hydroxylation is 2. The molecule has 2 aliphatic rings. The number of anilines is 1. The molecule has 0 atom stereocenters. The first-order valence-corrected chi connectivity index (χ1v) is 10.7. The Balaban J connectivity index is 1.61. The number of ether oxygens (including phenoxy) is 2. The summed E-state index contributed by atoms with van der Waals surface area (Å²) in [6, 6.07) is 19.5. The lowest BCUT2D eigenvalue weighted by Gasteiger charge is -2.20. The minimum Gasteiger partial charge on any atom is -0.454 e. The van der Waals surface area contributed by atoms with E-state index in [1.165, 1.54) is 0 Å². The van der Waals surface area contributed by atoms with E-state index in [1.54, 1.807) is 11.0 Å². The van der Waals surface area contributed by atoms with E-state index in [9.17, 15) is 4.79 Å². The lowest BCUT2D eigenvalue weighted by atomic mass is 10.1. The minimum absolute atomic E-state index is 0.166. The predicted molar refractivity (Wildman–Crippen MR) is 125 cm³/mol. The Morgan fingerprint density at radius 3 is 2.39 bits per heavy atom. The highest BCUT2D eigenvalue weighted by Gasteiger charge is 2.32. The highest BCUT2D eigenvalue weighted by Crippen LogP contribution is 2.34. The molecule has 1 amide bonds. The molecule has 0 bridgehead atoms. The molecular weight excluding hydrogens is 456 g/mol. The number of hydrogen-bond acceptors (Lipinski definition) is 4. The molecule has 0 spiro atoms. The van der Waals surface area contributed by atoms with Crippen molar-refractivity contribution in [1.82, 2.24) is 0 Å². The van der Waals surface area contributed by atoms with Crippen molar-refractivity contribution in [2.75, 3.05) is 11.7 Å². The second-order valence-corrected chi connectivity index (χ2v) is 8.49. The van der Waals surface area contributed by atoms with Gasteiger partial charge in [0.05, 0.1) is 5.69 Å². The fourth-order valence-electron chi connectivity index (χ4n) is 3.79. The number of aliphatic imine (C=N–C) groups is 1. The highest BCUT2D eigenvalue weighted by atomic mass is 79.9. The summed E-state index contributed by atoms with van der Waals surface area (Å²) in [7, 11) is 0. The van der Waals surface area contributed by atoms with E-state index in [2.05, 4.69) is 22.0 Å². The summed E-state index contributed by atoms with van der Waals surface area (Å²) in [4.78, 5) is 19.9. The standard InChI is InChI=1S/C25H19BrN2O3/c1-15-9-16(2)11-20(10-15)28-24(18-4-6-19(26)7-5-18)27-21(25(28)29)12-17-3-8-22-23(13-17)31-14-30-22/h3-13H,14H2,1-2H3. The molecule has 2 aliphatic heterocycles. The van der Waals surface area contributed by atoms with Crippen molar-refractivity contribution in [3.8, 4) is 11.5 Å². The van der Waals surface area contributed by atoms with Crippen LogP contribution < -0.4 is 14.4 Å². The average molecular weight is 475 g/mol. The maximum Gasteiger partial charge on any atom is 0.282 e. The summed E-state index contributed by atoms with van der Waals surface area (Å²) in [6.45, 7) is 4.26. The number of hydrogen-bond donors (Lipinski definition) is 0. The van der Waals surface area contributed by atoms with E-state index in [-0.39, 0.29) is 12.7 Å². The molecule has 5 rings (SSSR count). The molecule has 5 nitrogen and oxygen atoms in total. The zero-order valence-electron chi connectivity index (χ0n) is 17.1. The van der Waals surface area contributed by atoms with Crippen molar-refractivity contribution in [3.63, 3.8) is 0 Å². The molecule has 3 aromatic carbocycles. The van der Waals surface area contributed by atoms with Gasteiger partial charge in [0.2, 0.25) is 6.79 Å². The van der Waals surface area contributed by atoms with Gasteiger partial charge in [-0.15, -0.1) is 0 Å². The molecule has 0 fully saturated rings. The fraction of sp³-hybridized carbons (Fsp3) is 0.120. The number of nitrogens with zero attached hydrogens (tertiary/aromatic N) is 2. The lowest BCUT2D eigenvalue weighted by molar-refractivity contribution is -0.113. The quantitative estimate of drug-likeness (QED) is 0.462. The third kappa shape index (κ3) is 3.75. The second-order valence-electron chi connectivity index (χ2n) is 7.57. The maximum absolute atomic E-state index is 13.5. The van der Waals surface area contributed by atoms with Crippen molar-refractivity contribution >= 4 is 39.4 Å². The lowest BCUT2D eigenvalue weighted by Crippen LogP contribution is -2.32. The Labute approximate surface area is 188 Å². The van der Waals surface area contributed by atoms with Gasteiger partial charge in [0.1, 0.15) is 11.5 Å². The summed E-state index contributed by atoms with van der Waals surface area (Å²) >= 11 is 3.47. The number of halogens is 1. The van der Waals surface area contributed by atoms with E-state index >= 15 is 0 Å². The first-order chi connectivity index (χ1) is 15.0. The van der Waals surface area contributed by atoms with Crippen LogP contribution in [0.2, 0.25) is 0 Å². The van der Waals surface area contributed by atoms with Gasteiger partial charge in [-0.1, -0.05) is 40.2 Å². The van der Waals surface area contributed by atoms with E-state index in [0.29, 0.717) is 23.0 Å². The molecule has 0 radical (unpaired) electrons. The van der Waals surface area contributed by atoms with Crippen LogP contribution in [0.15, 0.2) is 75.8 Å². The smallest absolute Gasteiger partial charge is 0.282 e. The normalized spacial score (nSPS) is 16.2. The number of amides is 1. The summed E-state index contributed by atoms with van der Waals surface area (Å²) in [5.74, 6) is 1.81. The average Bonchev–Trinajstić information content (AvgIpc) is 3.32. The van der Waals surface area contributed by atoms with Gasteiger partial charge >= 0.3 is 0 Å². The minimum atomic E-state index is -0.166. The van der Waals surface area contributed by atoms with Crippen LogP contribution in [0.5, 0.6) is 11.5 Å². The number of carbonyl (C=O) groups is 1. The number of amidine groups is 1.